The highest BCUT2D eigenvalue weighted by Gasteiger charge is 2.48. The van der Waals surface area contributed by atoms with Gasteiger partial charge in [0.05, 0.1) is 23.9 Å². The molecule has 2 heterocycles. The van der Waals surface area contributed by atoms with Crippen LogP contribution in [0.15, 0.2) is 72.8 Å². The molecule has 0 saturated carbocycles. The van der Waals surface area contributed by atoms with Crippen LogP contribution in [0.25, 0.3) is 5.76 Å². The third-order valence-electron chi connectivity index (χ3n) is 5.51. The fourth-order valence-electron chi connectivity index (χ4n) is 3.87. The first-order valence-electron chi connectivity index (χ1n) is 11.2. The Balaban J connectivity index is 1.83. The Kier molecular flexibility index (Phi) is 7.30. The van der Waals surface area contributed by atoms with E-state index in [1.165, 1.54) is 4.90 Å². The molecule has 184 valence electrons. The molecule has 1 amide bonds. The van der Waals surface area contributed by atoms with Gasteiger partial charge in [-0.1, -0.05) is 54.3 Å². The molecule has 1 aliphatic heterocycles. The second kappa shape index (κ2) is 10.6. The Morgan fingerprint density at radius 1 is 1.17 bits per heavy atom. The second-order valence-corrected chi connectivity index (χ2v) is 8.81. The molecule has 3 aromatic rings. The number of thiazole rings is 1. The van der Waals surface area contributed by atoms with E-state index in [4.69, 9.17) is 9.47 Å². The van der Waals surface area contributed by atoms with Gasteiger partial charge >= 0.3 is 11.9 Å². The lowest BCUT2D eigenvalue weighted by molar-refractivity contribution is -0.132. The molecule has 0 aliphatic carbocycles. The zero-order valence-corrected chi connectivity index (χ0v) is 20.6. The van der Waals surface area contributed by atoms with Crippen molar-refractivity contribution in [3.8, 4) is 5.75 Å². The first-order valence-corrected chi connectivity index (χ1v) is 12.0. The number of ether oxygens (including phenoxy) is 2. The lowest BCUT2D eigenvalue weighted by Gasteiger charge is -2.23. The van der Waals surface area contributed by atoms with Crippen molar-refractivity contribution in [2.24, 2.45) is 0 Å². The number of anilines is 1. The molecule has 9 heteroatoms. The highest BCUT2D eigenvalue weighted by molar-refractivity contribution is 7.17. The summed E-state index contributed by atoms with van der Waals surface area (Å²) in [5.41, 5.74) is 1.27. The average molecular weight is 505 g/mol. The fourth-order valence-corrected chi connectivity index (χ4v) is 4.86. The van der Waals surface area contributed by atoms with Gasteiger partial charge in [-0.15, -0.1) is 0 Å². The van der Waals surface area contributed by atoms with E-state index in [9.17, 15) is 19.5 Å². The highest BCUT2D eigenvalue weighted by Crippen LogP contribution is 2.44. The molecule has 4 rings (SSSR count). The van der Waals surface area contributed by atoms with Crippen molar-refractivity contribution in [1.29, 1.82) is 0 Å². The summed E-state index contributed by atoms with van der Waals surface area (Å²) in [6.07, 6.45) is 1.61. The van der Waals surface area contributed by atoms with Crippen molar-refractivity contribution in [3.63, 3.8) is 0 Å². The summed E-state index contributed by atoms with van der Waals surface area (Å²) in [4.78, 5) is 44.8. The number of hydrogen-bond acceptors (Lipinski definition) is 8. The van der Waals surface area contributed by atoms with Crippen molar-refractivity contribution in [2.75, 3.05) is 18.1 Å². The number of amides is 1. The quantitative estimate of drug-likeness (QED) is 0.154. The molecule has 1 aliphatic rings. The molecule has 1 fully saturated rings. The predicted molar refractivity (Wildman–Crippen MR) is 136 cm³/mol. The van der Waals surface area contributed by atoms with Gasteiger partial charge in [0.15, 0.2) is 5.13 Å². The minimum absolute atomic E-state index is 0.0727. The fraction of sp³-hybridized carbons (Fsp3) is 0.185. The number of hydrogen-bond donors (Lipinski definition) is 1. The topological polar surface area (TPSA) is 106 Å². The van der Waals surface area contributed by atoms with E-state index in [-0.39, 0.29) is 27.9 Å². The van der Waals surface area contributed by atoms with Crippen LogP contribution in [-0.2, 0) is 14.3 Å². The average Bonchev–Trinajstić information content (AvgIpc) is 3.40. The normalized spacial score (nSPS) is 16.7. The largest absolute Gasteiger partial charge is 0.507 e. The number of aromatic nitrogens is 1. The zero-order valence-electron chi connectivity index (χ0n) is 19.8. The van der Waals surface area contributed by atoms with Gasteiger partial charge in [0, 0.05) is 5.56 Å². The van der Waals surface area contributed by atoms with Gasteiger partial charge in [0.1, 0.15) is 23.0 Å². The monoisotopic (exact) mass is 504 g/mol. The van der Waals surface area contributed by atoms with E-state index in [1.807, 2.05) is 6.07 Å². The number of esters is 1. The number of nitrogens with zero attached hydrogens (tertiary/aromatic N) is 2. The standard InChI is InChI=1S/C27H24N2O6S/c1-4-15-35-19-13-11-18(12-14-19)22(30)20-21(17-9-7-6-8-10-17)29(25(32)23(20)31)27-28-16(3)24(36-27)26(33)34-5-2/h4,6-14,21,30H,1,5,15H2,2-3H3/t21-/m1/s1. The molecule has 2 aromatic carbocycles. The van der Waals surface area contributed by atoms with Crippen molar-refractivity contribution in [3.05, 3.63) is 94.5 Å². The number of aliphatic hydroxyl groups is 1. The minimum Gasteiger partial charge on any atom is -0.507 e. The molecule has 0 bridgehead atoms. The van der Waals surface area contributed by atoms with E-state index in [2.05, 4.69) is 11.6 Å². The Labute approximate surface area is 212 Å². The van der Waals surface area contributed by atoms with Crippen LogP contribution in [0.2, 0.25) is 0 Å². The second-order valence-electron chi connectivity index (χ2n) is 7.84. The number of carbonyl (C=O) groups is 3. The van der Waals surface area contributed by atoms with Gasteiger partial charge in [0.25, 0.3) is 5.78 Å². The van der Waals surface area contributed by atoms with Crippen LogP contribution in [-0.4, -0.2) is 41.0 Å². The van der Waals surface area contributed by atoms with Gasteiger partial charge < -0.3 is 14.6 Å². The van der Waals surface area contributed by atoms with Crippen molar-refractivity contribution < 1.29 is 29.0 Å². The number of ketones is 1. The number of rotatable bonds is 8. The summed E-state index contributed by atoms with van der Waals surface area (Å²) in [6, 6.07) is 14.5. The van der Waals surface area contributed by atoms with Crippen molar-refractivity contribution in [2.45, 2.75) is 19.9 Å². The Morgan fingerprint density at radius 3 is 2.50 bits per heavy atom. The molecule has 1 atom stereocenters. The van der Waals surface area contributed by atoms with Gasteiger partial charge in [-0.25, -0.2) is 9.78 Å². The number of benzene rings is 2. The summed E-state index contributed by atoms with van der Waals surface area (Å²) < 4.78 is 10.6. The molecule has 36 heavy (non-hydrogen) atoms. The molecule has 0 spiro atoms. The van der Waals surface area contributed by atoms with Crippen LogP contribution in [0.3, 0.4) is 0 Å². The van der Waals surface area contributed by atoms with Gasteiger partial charge in [-0.3, -0.25) is 14.5 Å². The molecule has 0 radical (unpaired) electrons. The maximum atomic E-state index is 13.3. The molecule has 1 N–H and O–H groups in total. The third kappa shape index (κ3) is 4.65. The highest BCUT2D eigenvalue weighted by atomic mass is 32.1. The number of aryl methyl sites for hydroxylation is 1. The molecule has 1 saturated heterocycles. The zero-order chi connectivity index (χ0) is 25.8. The van der Waals surface area contributed by atoms with Crippen LogP contribution < -0.4 is 9.64 Å². The first kappa shape index (κ1) is 24.9. The first-order chi connectivity index (χ1) is 17.4. The van der Waals surface area contributed by atoms with Crippen molar-refractivity contribution in [1.82, 2.24) is 4.98 Å². The summed E-state index contributed by atoms with van der Waals surface area (Å²) in [5.74, 6) is -2.00. The molecule has 8 nitrogen and oxygen atoms in total. The lowest BCUT2D eigenvalue weighted by atomic mass is 9.95. The Bertz CT molecular complexity index is 1340. The van der Waals surface area contributed by atoms with E-state index < -0.39 is 23.7 Å². The van der Waals surface area contributed by atoms with Crippen molar-refractivity contribution >= 4 is 39.9 Å². The molecular weight excluding hydrogens is 480 g/mol. The summed E-state index contributed by atoms with van der Waals surface area (Å²) >= 11 is 0.967. The molecule has 0 unspecified atom stereocenters. The minimum atomic E-state index is -0.941. The smallest absolute Gasteiger partial charge is 0.350 e. The summed E-state index contributed by atoms with van der Waals surface area (Å²) in [7, 11) is 0. The van der Waals surface area contributed by atoms with Crippen LogP contribution in [0, 0.1) is 6.92 Å². The number of aliphatic hydroxyl groups excluding tert-OH is 1. The summed E-state index contributed by atoms with van der Waals surface area (Å²) in [5, 5.41) is 11.4. The van der Waals surface area contributed by atoms with Gasteiger partial charge in [-0.2, -0.15) is 0 Å². The van der Waals surface area contributed by atoms with E-state index in [0.717, 1.165) is 11.3 Å². The van der Waals surface area contributed by atoms with Crippen LogP contribution in [0.1, 0.15) is 39.5 Å². The van der Waals surface area contributed by atoms with Gasteiger partial charge in [0.2, 0.25) is 0 Å². The Morgan fingerprint density at radius 2 is 1.86 bits per heavy atom. The lowest BCUT2D eigenvalue weighted by Crippen LogP contribution is -2.29. The van der Waals surface area contributed by atoms with Crippen LogP contribution in [0.4, 0.5) is 5.13 Å². The number of Topliss-reactive ketones (excluding diaryl/α,β-unsaturated/α-hetero) is 1. The summed E-state index contributed by atoms with van der Waals surface area (Å²) in [6.45, 7) is 7.46. The maximum absolute atomic E-state index is 13.3. The van der Waals surface area contributed by atoms with Crippen LogP contribution in [0.5, 0.6) is 5.75 Å². The molecule has 1 aromatic heterocycles. The maximum Gasteiger partial charge on any atom is 0.350 e. The SMILES string of the molecule is C=CCOc1ccc(C(O)=C2C(=O)C(=O)N(c3nc(C)c(C(=O)OCC)s3)[C@@H]2c2ccccc2)cc1. The predicted octanol–water partition coefficient (Wildman–Crippen LogP) is 4.82. The van der Waals surface area contributed by atoms with E-state index >= 15 is 0 Å². The number of carbonyl (C=O) groups excluding carboxylic acids is 3. The van der Waals surface area contributed by atoms with Crippen LogP contribution >= 0.6 is 11.3 Å². The van der Waals surface area contributed by atoms with Gasteiger partial charge in [-0.05, 0) is 43.7 Å². The van der Waals surface area contributed by atoms with E-state index in [1.54, 1.807) is 68.5 Å². The third-order valence-corrected chi connectivity index (χ3v) is 6.64. The Hall–Kier alpha value is -4.24. The van der Waals surface area contributed by atoms with E-state index in [0.29, 0.717) is 29.2 Å². The molecular formula is C27H24N2O6S.